The Bertz CT molecular complexity index is 427. The van der Waals surface area contributed by atoms with Crippen LogP contribution in [0.4, 0.5) is 5.82 Å². The summed E-state index contributed by atoms with van der Waals surface area (Å²) in [4.78, 5) is 6.43. The Morgan fingerprint density at radius 2 is 2.47 bits per heavy atom. The molecule has 1 unspecified atom stereocenters. The van der Waals surface area contributed by atoms with E-state index in [1.165, 1.54) is 6.42 Å². The molecule has 0 aromatic carbocycles. The zero-order valence-electron chi connectivity index (χ0n) is 11.1. The molecule has 1 atom stereocenters. The topological polar surface area (TPSA) is 84.0 Å². The van der Waals surface area contributed by atoms with E-state index in [0.717, 1.165) is 32.0 Å². The summed E-state index contributed by atoms with van der Waals surface area (Å²) in [6, 6.07) is 3.67. The molecular formula is C13H20N4O2. The summed E-state index contributed by atoms with van der Waals surface area (Å²) in [6.45, 7) is 2.63. The quantitative estimate of drug-likeness (QED) is 0.367. The van der Waals surface area contributed by atoms with Crippen LogP contribution in [0.25, 0.3) is 0 Å². The number of aromatic nitrogens is 1. The number of pyridine rings is 1. The predicted molar refractivity (Wildman–Crippen MR) is 73.6 cm³/mol. The van der Waals surface area contributed by atoms with Crippen LogP contribution < -0.4 is 10.6 Å². The van der Waals surface area contributed by atoms with Gasteiger partial charge in [-0.3, -0.25) is 0 Å². The SMILES string of the molecule is CN(CC1CCCOC1)c1ccc(C(N)=NO)cn1. The molecule has 1 saturated heterocycles. The maximum Gasteiger partial charge on any atom is 0.171 e. The van der Waals surface area contributed by atoms with E-state index < -0.39 is 0 Å². The minimum absolute atomic E-state index is 0.0717. The molecule has 0 aliphatic carbocycles. The van der Waals surface area contributed by atoms with Crippen molar-refractivity contribution in [2.45, 2.75) is 12.8 Å². The number of anilines is 1. The average Bonchev–Trinajstić information content (AvgIpc) is 2.47. The third-order valence-corrected chi connectivity index (χ3v) is 3.33. The Kier molecular flexibility index (Phi) is 4.57. The van der Waals surface area contributed by atoms with E-state index in [2.05, 4.69) is 15.0 Å². The monoisotopic (exact) mass is 264 g/mol. The van der Waals surface area contributed by atoms with Gasteiger partial charge in [-0.1, -0.05) is 5.16 Å². The summed E-state index contributed by atoms with van der Waals surface area (Å²) < 4.78 is 5.48. The second-order valence-corrected chi connectivity index (χ2v) is 4.85. The summed E-state index contributed by atoms with van der Waals surface area (Å²) in [5, 5.41) is 11.5. The number of nitrogens with two attached hydrogens (primary N) is 1. The van der Waals surface area contributed by atoms with E-state index >= 15 is 0 Å². The van der Waals surface area contributed by atoms with Crippen molar-refractivity contribution in [3.63, 3.8) is 0 Å². The number of rotatable bonds is 4. The molecule has 0 bridgehead atoms. The molecule has 1 aromatic rings. The van der Waals surface area contributed by atoms with E-state index in [4.69, 9.17) is 15.7 Å². The van der Waals surface area contributed by atoms with Gasteiger partial charge in [0, 0.05) is 32.0 Å². The van der Waals surface area contributed by atoms with E-state index in [1.54, 1.807) is 12.3 Å². The first-order valence-electron chi connectivity index (χ1n) is 6.43. The number of nitrogens with zero attached hydrogens (tertiary/aromatic N) is 3. The zero-order chi connectivity index (χ0) is 13.7. The lowest BCUT2D eigenvalue weighted by molar-refractivity contribution is 0.0576. The molecule has 2 heterocycles. The second kappa shape index (κ2) is 6.38. The molecule has 3 N–H and O–H groups in total. The highest BCUT2D eigenvalue weighted by Gasteiger charge is 2.16. The summed E-state index contributed by atoms with van der Waals surface area (Å²) in [5.41, 5.74) is 6.11. The van der Waals surface area contributed by atoms with Gasteiger partial charge in [-0.25, -0.2) is 4.98 Å². The molecule has 6 nitrogen and oxygen atoms in total. The Hall–Kier alpha value is -1.82. The molecular weight excluding hydrogens is 244 g/mol. The molecule has 19 heavy (non-hydrogen) atoms. The first kappa shape index (κ1) is 13.6. The minimum Gasteiger partial charge on any atom is -0.409 e. The third kappa shape index (κ3) is 3.57. The molecule has 104 valence electrons. The van der Waals surface area contributed by atoms with Gasteiger partial charge >= 0.3 is 0 Å². The highest BCUT2D eigenvalue weighted by atomic mass is 16.5. The normalized spacial score (nSPS) is 20.3. The first-order valence-corrected chi connectivity index (χ1v) is 6.43. The standard InChI is InChI=1S/C13H20N4O2/c1-17(8-10-3-2-6-19-9-10)12-5-4-11(7-15-12)13(14)16-18/h4-5,7,10,18H,2-3,6,8-9H2,1H3,(H2,14,16). The highest BCUT2D eigenvalue weighted by Crippen LogP contribution is 2.17. The van der Waals surface area contributed by atoms with Crippen molar-refractivity contribution < 1.29 is 9.94 Å². The summed E-state index contributed by atoms with van der Waals surface area (Å²) >= 11 is 0. The van der Waals surface area contributed by atoms with Crippen LogP contribution in [0.1, 0.15) is 18.4 Å². The van der Waals surface area contributed by atoms with E-state index in [9.17, 15) is 0 Å². The maximum atomic E-state index is 8.59. The van der Waals surface area contributed by atoms with Gasteiger partial charge in [0.1, 0.15) is 5.82 Å². The lowest BCUT2D eigenvalue weighted by atomic mass is 10.0. The second-order valence-electron chi connectivity index (χ2n) is 4.85. The first-order chi connectivity index (χ1) is 9.20. The summed E-state index contributed by atoms with van der Waals surface area (Å²) in [6.07, 6.45) is 3.94. The lowest BCUT2D eigenvalue weighted by Gasteiger charge is -2.27. The molecule has 6 heteroatoms. The van der Waals surface area contributed by atoms with Crippen molar-refractivity contribution in [2.75, 3.05) is 31.7 Å². The fourth-order valence-electron chi connectivity index (χ4n) is 2.25. The number of amidine groups is 1. The Balaban J connectivity index is 1.96. The van der Waals surface area contributed by atoms with Crippen molar-refractivity contribution in [1.29, 1.82) is 0 Å². The molecule has 0 radical (unpaired) electrons. The van der Waals surface area contributed by atoms with Crippen molar-refractivity contribution in [2.24, 2.45) is 16.8 Å². The van der Waals surface area contributed by atoms with Crippen LogP contribution >= 0.6 is 0 Å². The predicted octanol–water partition coefficient (Wildman–Crippen LogP) is 1.04. The van der Waals surface area contributed by atoms with Gasteiger partial charge in [-0.05, 0) is 30.9 Å². The van der Waals surface area contributed by atoms with Crippen molar-refractivity contribution >= 4 is 11.7 Å². The van der Waals surface area contributed by atoms with E-state index in [-0.39, 0.29) is 5.84 Å². The van der Waals surface area contributed by atoms with Crippen LogP contribution in [0.3, 0.4) is 0 Å². The zero-order valence-corrected chi connectivity index (χ0v) is 11.1. The van der Waals surface area contributed by atoms with Gasteiger partial charge in [0.15, 0.2) is 5.84 Å². The fraction of sp³-hybridized carbons (Fsp3) is 0.538. The minimum atomic E-state index is 0.0717. The van der Waals surface area contributed by atoms with Crippen LogP contribution in [0.5, 0.6) is 0 Å². The largest absolute Gasteiger partial charge is 0.409 e. The maximum absolute atomic E-state index is 8.59. The molecule has 0 spiro atoms. The lowest BCUT2D eigenvalue weighted by Crippen LogP contribution is -2.31. The molecule has 1 aliphatic heterocycles. The van der Waals surface area contributed by atoms with Crippen molar-refractivity contribution in [3.8, 4) is 0 Å². The van der Waals surface area contributed by atoms with Crippen LogP contribution in [0.2, 0.25) is 0 Å². The van der Waals surface area contributed by atoms with E-state index in [0.29, 0.717) is 11.5 Å². The number of hydrogen-bond donors (Lipinski definition) is 2. The fourth-order valence-corrected chi connectivity index (χ4v) is 2.25. The molecule has 2 rings (SSSR count). The van der Waals surface area contributed by atoms with Crippen LogP contribution in [0, 0.1) is 5.92 Å². The molecule has 0 amide bonds. The average molecular weight is 264 g/mol. The van der Waals surface area contributed by atoms with Gasteiger partial charge in [-0.2, -0.15) is 0 Å². The van der Waals surface area contributed by atoms with Crippen LogP contribution in [-0.2, 0) is 4.74 Å². The smallest absolute Gasteiger partial charge is 0.171 e. The van der Waals surface area contributed by atoms with Crippen molar-refractivity contribution in [3.05, 3.63) is 23.9 Å². The Morgan fingerprint density at radius 3 is 3.05 bits per heavy atom. The summed E-state index contributed by atoms with van der Waals surface area (Å²) in [5.74, 6) is 1.51. The van der Waals surface area contributed by atoms with Gasteiger partial charge in [-0.15, -0.1) is 0 Å². The van der Waals surface area contributed by atoms with Crippen LogP contribution in [0.15, 0.2) is 23.5 Å². The van der Waals surface area contributed by atoms with Crippen LogP contribution in [-0.4, -0.2) is 42.8 Å². The third-order valence-electron chi connectivity index (χ3n) is 3.33. The molecule has 1 aliphatic rings. The van der Waals surface area contributed by atoms with Gasteiger partial charge in [0.05, 0.1) is 6.61 Å². The van der Waals surface area contributed by atoms with Gasteiger partial charge in [0.25, 0.3) is 0 Å². The highest BCUT2D eigenvalue weighted by molar-refractivity contribution is 5.96. The number of ether oxygens (including phenoxy) is 1. The number of hydrogen-bond acceptors (Lipinski definition) is 5. The number of oxime groups is 1. The molecule has 1 fully saturated rings. The van der Waals surface area contributed by atoms with Gasteiger partial charge in [0.2, 0.25) is 0 Å². The van der Waals surface area contributed by atoms with Crippen molar-refractivity contribution in [1.82, 2.24) is 4.98 Å². The molecule has 0 saturated carbocycles. The van der Waals surface area contributed by atoms with Gasteiger partial charge < -0.3 is 20.6 Å². The van der Waals surface area contributed by atoms with E-state index in [1.807, 2.05) is 13.1 Å². The summed E-state index contributed by atoms with van der Waals surface area (Å²) in [7, 11) is 2.01. The Labute approximate surface area is 112 Å². The molecule has 1 aromatic heterocycles. The Morgan fingerprint density at radius 1 is 1.63 bits per heavy atom.